The third kappa shape index (κ3) is 4.26. The van der Waals surface area contributed by atoms with Crippen LogP contribution in [0.25, 0.3) is 0 Å². The van der Waals surface area contributed by atoms with Crippen molar-refractivity contribution in [3.63, 3.8) is 0 Å². The maximum absolute atomic E-state index is 9.59. The minimum atomic E-state index is -0.668. The van der Waals surface area contributed by atoms with E-state index in [4.69, 9.17) is 4.42 Å². The minimum Gasteiger partial charge on any atom is -0.453 e. The number of aliphatic hydroxyl groups is 1. The molecule has 0 saturated carbocycles. The molecule has 0 aliphatic rings. The first-order chi connectivity index (χ1) is 6.37. The lowest BCUT2D eigenvalue weighted by Crippen LogP contribution is -2.35. The maximum Gasteiger partial charge on any atom is 0.169 e. The van der Waals surface area contributed by atoms with E-state index < -0.39 is 5.60 Å². The second kappa shape index (κ2) is 4.47. The molecule has 1 rings (SSSR count). The minimum absolute atomic E-state index is 0.616. The maximum atomic E-state index is 9.59. The molecule has 0 saturated heterocycles. The Morgan fingerprint density at radius 2 is 2.14 bits per heavy atom. The van der Waals surface area contributed by atoms with Crippen LogP contribution in [0.3, 0.4) is 0 Å². The van der Waals surface area contributed by atoms with Gasteiger partial charge in [-0.1, -0.05) is 0 Å². The molecule has 0 radical (unpaired) electrons. The molecular formula is C10H16BrNO2. The molecule has 0 unspecified atom stereocenters. The van der Waals surface area contributed by atoms with E-state index in [2.05, 4.69) is 15.9 Å². The standard InChI is InChI=1S/C10H16BrNO2/c1-10(2,13)7-12(3)6-8-4-5-9(11)14-8/h4-5,13H,6-7H2,1-3H3. The number of halogens is 1. The van der Waals surface area contributed by atoms with Gasteiger partial charge in [0.15, 0.2) is 4.67 Å². The lowest BCUT2D eigenvalue weighted by molar-refractivity contribution is 0.0407. The van der Waals surface area contributed by atoms with Crippen molar-refractivity contribution in [2.24, 2.45) is 0 Å². The molecule has 0 aromatic carbocycles. The number of hydrogen-bond donors (Lipinski definition) is 1. The van der Waals surface area contributed by atoms with Crippen molar-refractivity contribution in [3.05, 3.63) is 22.6 Å². The van der Waals surface area contributed by atoms with Crippen LogP contribution in [0.2, 0.25) is 0 Å². The molecule has 0 aliphatic heterocycles. The molecule has 0 atom stereocenters. The van der Waals surface area contributed by atoms with Gasteiger partial charge in [-0.05, 0) is 49.0 Å². The van der Waals surface area contributed by atoms with Crippen molar-refractivity contribution >= 4 is 15.9 Å². The Labute approximate surface area is 92.8 Å². The molecule has 0 spiro atoms. The molecule has 3 nitrogen and oxygen atoms in total. The Morgan fingerprint density at radius 3 is 2.57 bits per heavy atom. The lowest BCUT2D eigenvalue weighted by atomic mass is 10.1. The highest BCUT2D eigenvalue weighted by atomic mass is 79.9. The van der Waals surface area contributed by atoms with Gasteiger partial charge in [-0.25, -0.2) is 0 Å². The molecule has 14 heavy (non-hydrogen) atoms. The fraction of sp³-hybridized carbons (Fsp3) is 0.600. The van der Waals surface area contributed by atoms with Crippen molar-refractivity contribution < 1.29 is 9.52 Å². The number of furan rings is 1. The fourth-order valence-corrected chi connectivity index (χ4v) is 1.76. The Balaban J connectivity index is 2.45. The van der Waals surface area contributed by atoms with Crippen LogP contribution < -0.4 is 0 Å². The molecule has 1 aromatic rings. The number of hydrogen-bond acceptors (Lipinski definition) is 3. The van der Waals surface area contributed by atoms with E-state index in [0.29, 0.717) is 13.1 Å². The van der Waals surface area contributed by atoms with Gasteiger partial charge in [0, 0.05) is 6.54 Å². The van der Waals surface area contributed by atoms with Gasteiger partial charge in [0.1, 0.15) is 5.76 Å². The van der Waals surface area contributed by atoms with E-state index >= 15 is 0 Å². The molecule has 1 N–H and O–H groups in total. The molecule has 0 fully saturated rings. The van der Waals surface area contributed by atoms with Crippen molar-refractivity contribution in [2.75, 3.05) is 13.6 Å². The summed E-state index contributed by atoms with van der Waals surface area (Å²) in [5.74, 6) is 0.892. The average Bonchev–Trinajstić information content (AvgIpc) is 2.30. The molecule has 1 heterocycles. The molecular weight excluding hydrogens is 246 g/mol. The largest absolute Gasteiger partial charge is 0.453 e. The quantitative estimate of drug-likeness (QED) is 0.904. The van der Waals surface area contributed by atoms with Crippen LogP contribution in [0.5, 0.6) is 0 Å². The average molecular weight is 262 g/mol. The molecule has 1 aromatic heterocycles. The Hall–Kier alpha value is -0.320. The smallest absolute Gasteiger partial charge is 0.169 e. The van der Waals surface area contributed by atoms with Crippen LogP contribution in [0.4, 0.5) is 0 Å². The van der Waals surface area contributed by atoms with Gasteiger partial charge >= 0.3 is 0 Å². The van der Waals surface area contributed by atoms with Crippen molar-refractivity contribution in [3.8, 4) is 0 Å². The van der Waals surface area contributed by atoms with Crippen LogP contribution in [-0.4, -0.2) is 29.2 Å². The summed E-state index contributed by atoms with van der Waals surface area (Å²) in [6.07, 6.45) is 0. The van der Waals surface area contributed by atoms with Gasteiger partial charge in [0.05, 0.1) is 12.1 Å². The predicted molar refractivity (Wildman–Crippen MR) is 59.0 cm³/mol. The first kappa shape index (κ1) is 11.8. The van der Waals surface area contributed by atoms with Gasteiger partial charge < -0.3 is 9.52 Å². The van der Waals surface area contributed by atoms with E-state index in [1.807, 2.05) is 24.1 Å². The third-order valence-corrected chi connectivity index (χ3v) is 2.14. The fourth-order valence-electron chi connectivity index (χ4n) is 1.42. The molecule has 0 amide bonds. The SMILES string of the molecule is CN(Cc1ccc(Br)o1)CC(C)(C)O. The number of likely N-dealkylation sites (N-methyl/N-ethyl adjacent to an activating group) is 1. The summed E-state index contributed by atoms with van der Waals surface area (Å²) in [6.45, 7) is 4.91. The zero-order valence-electron chi connectivity index (χ0n) is 8.75. The summed E-state index contributed by atoms with van der Waals surface area (Å²) >= 11 is 3.25. The van der Waals surface area contributed by atoms with E-state index in [9.17, 15) is 5.11 Å². The summed E-state index contributed by atoms with van der Waals surface area (Å²) in [4.78, 5) is 2.02. The Morgan fingerprint density at radius 1 is 1.50 bits per heavy atom. The van der Waals surface area contributed by atoms with E-state index in [-0.39, 0.29) is 0 Å². The summed E-state index contributed by atoms with van der Waals surface area (Å²) in [6, 6.07) is 3.79. The zero-order valence-corrected chi connectivity index (χ0v) is 10.3. The highest BCUT2D eigenvalue weighted by molar-refractivity contribution is 9.10. The first-order valence-electron chi connectivity index (χ1n) is 4.52. The molecule has 4 heteroatoms. The topological polar surface area (TPSA) is 36.6 Å². The highest BCUT2D eigenvalue weighted by Crippen LogP contribution is 2.16. The summed E-state index contributed by atoms with van der Waals surface area (Å²) in [5.41, 5.74) is -0.668. The predicted octanol–water partition coefficient (Wildman–Crippen LogP) is 2.24. The molecule has 0 bridgehead atoms. The number of rotatable bonds is 4. The van der Waals surface area contributed by atoms with Crippen molar-refractivity contribution in [1.29, 1.82) is 0 Å². The number of nitrogens with zero attached hydrogens (tertiary/aromatic N) is 1. The summed E-state index contributed by atoms with van der Waals surface area (Å²) in [5, 5.41) is 9.59. The summed E-state index contributed by atoms with van der Waals surface area (Å²) in [7, 11) is 1.95. The van der Waals surface area contributed by atoms with Gasteiger partial charge in [0.25, 0.3) is 0 Å². The molecule has 80 valence electrons. The van der Waals surface area contributed by atoms with Gasteiger partial charge in [0.2, 0.25) is 0 Å². The lowest BCUT2D eigenvalue weighted by Gasteiger charge is -2.24. The van der Waals surface area contributed by atoms with Crippen molar-refractivity contribution in [2.45, 2.75) is 26.0 Å². The van der Waals surface area contributed by atoms with Crippen LogP contribution in [-0.2, 0) is 6.54 Å². The monoisotopic (exact) mass is 261 g/mol. The summed E-state index contributed by atoms with van der Waals surface area (Å²) < 4.78 is 6.10. The van der Waals surface area contributed by atoms with E-state index in [0.717, 1.165) is 10.4 Å². The van der Waals surface area contributed by atoms with Gasteiger partial charge in [-0.3, -0.25) is 4.90 Å². The highest BCUT2D eigenvalue weighted by Gasteiger charge is 2.16. The van der Waals surface area contributed by atoms with Crippen LogP contribution in [0.1, 0.15) is 19.6 Å². The van der Waals surface area contributed by atoms with Crippen LogP contribution >= 0.6 is 15.9 Å². The first-order valence-corrected chi connectivity index (χ1v) is 5.31. The van der Waals surface area contributed by atoms with Crippen molar-refractivity contribution in [1.82, 2.24) is 4.90 Å². The Kier molecular flexibility index (Phi) is 3.75. The molecule has 0 aliphatic carbocycles. The van der Waals surface area contributed by atoms with Crippen LogP contribution in [0.15, 0.2) is 21.2 Å². The van der Waals surface area contributed by atoms with E-state index in [1.165, 1.54) is 0 Å². The second-order valence-corrected chi connectivity index (χ2v) is 4.97. The second-order valence-electron chi connectivity index (χ2n) is 4.19. The zero-order chi connectivity index (χ0) is 10.8. The Bertz CT molecular complexity index is 291. The van der Waals surface area contributed by atoms with Gasteiger partial charge in [-0.2, -0.15) is 0 Å². The van der Waals surface area contributed by atoms with Crippen LogP contribution in [0, 0.1) is 0 Å². The third-order valence-electron chi connectivity index (χ3n) is 1.71. The van der Waals surface area contributed by atoms with Gasteiger partial charge in [-0.15, -0.1) is 0 Å². The normalized spacial score (nSPS) is 12.4. The van der Waals surface area contributed by atoms with E-state index in [1.54, 1.807) is 13.8 Å².